The van der Waals surface area contributed by atoms with E-state index in [0.29, 0.717) is 32.4 Å². The third kappa shape index (κ3) is 4.31. The van der Waals surface area contributed by atoms with Crippen molar-refractivity contribution in [1.82, 2.24) is 10.3 Å². The maximum Gasteiger partial charge on any atom is 0.223 e. The zero-order valence-electron chi connectivity index (χ0n) is 15.3. The summed E-state index contributed by atoms with van der Waals surface area (Å²) < 4.78 is 11.1. The van der Waals surface area contributed by atoms with E-state index < -0.39 is 6.10 Å². The molecule has 1 saturated carbocycles. The molecule has 2 aromatic rings. The third-order valence-electron chi connectivity index (χ3n) is 4.91. The van der Waals surface area contributed by atoms with Crippen LogP contribution in [0.5, 0.6) is 5.75 Å². The number of amides is 1. The molecule has 26 heavy (non-hydrogen) atoms. The summed E-state index contributed by atoms with van der Waals surface area (Å²) in [5.41, 5.74) is 1.78. The average Bonchev–Trinajstić information content (AvgIpc) is 2.65. The standard InChI is InChI=1S/C20H26N2O4/c1-13-6-7-14-4-3-5-17(19(14)22-13)26-11-10-21-20(24)15-8-9-16(23)18(12-15)25-2/h3-7,15-16,18,23H,8-12H2,1-2H3,(H,21,24)/t15-,16+,18-/m1/s1. The van der Waals surface area contributed by atoms with E-state index in [-0.39, 0.29) is 17.9 Å². The Morgan fingerprint density at radius 1 is 1.31 bits per heavy atom. The molecule has 0 saturated heterocycles. The predicted molar refractivity (Wildman–Crippen MR) is 99.1 cm³/mol. The van der Waals surface area contributed by atoms with Crippen molar-refractivity contribution in [2.75, 3.05) is 20.3 Å². The van der Waals surface area contributed by atoms with E-state index >= 15 is 0 Å². The molecule has 0 radical (unpaired) electrons. The first-order valence-corrected chi connectivity index (χ1v) is 9.06. The smallest absolute Gasteiger partial charge is 0.223 e. The SMILES string of the molecule is CO[C@@H]1C[C@H](C(=O)NCCOc2cccc3ccc(C)nc23)CC[C@@H]1O. The van der Waals surface area contributed by atoms with E-state index in [0.717, 1.165) is 22.3 Å². The van der Waals surface area contributed by atoms with Crippen LogP contribution >= 0.6 is 0 Å². The van der Waals surface area contributed by atoms with Crippen LogP contribution in [0.15, 0.2) is 30.3 Å². The summed E-state index contributed by atoms with van der Waals surface area (Å²) in [7, 11) is 1.57. The summed E-state index contributed by atoms with van der Waals surface area (Å²) in [5.74, 6) is 0.598. The Balaban J connectivity index is 1.50. The Hall–Kier alpha value is -2.18. The van der Waals surface area contributed by atoms with Gasteiger partial charge in [-0.3, -0.25) is 4.79 Å². The predicted octanol–water partition coefficient (Wildman–Crippen LogP) is 2.21. The minimum absolute atomic E-state index is 0.00515. The molecule has 6 nitrogen and oxygen atoms in total. The molecule has 6 heteroatoms. The van der Waals surface area contributed by atoms with Gasteiger partial charge in [0.1, 0.15) is 17.9 Å². The number of hydrogen-bond acceptors (Lipinski definition) is 5. The van der Waals surface area contributed by atoms with Gasteiger partial charge < -0.3 is 19.9 Å². The molecular formula is C20H26N2O4. The number of nitrogens with zero attached hydrogens (tertiary/aromatic N) is 1. The van der Waals surface area contributed by atoms with Crippen molar-refractivity contribution in [2.24, 2.45) is 5.92 Å². The highest BCUT2D eigenvalue weighted by molar-refractivity contribution is 5.84. The van der Waals surface area contributed by atoms with Crippen LogP contribution in [-0.4, -0.2) is 48.5 Å². The lowest BCUT2D eigenvalue weighted by Crippen LogP contribution is -2.42. The number of aromatic nitrogens is 1. The van der Waals surface area contributed by atoms with Crippen LogP contribution in [0.25, 0.3) is 10.9 Å². The fraction of sp³-hybridized carbons (Fsp3) is 0.500. The number of aliphatic hydroxyl groups excluding tert-OH is 1. The maximum atomic E-state index is 12.3. The molecule has 1 amide bonds. The number of methoxy groups -OCH3 is 1. The van der Waals surface area contributed by atoms with E-state index in [1.54, 1.807) is 7.11 Å². The summed E-state index contributed by atoms with van der Waals surface area (Å²) in [4.78, 5) is 16.9. The monoisotopic (exact) mass is 358 g/mol. The van der Waals surface area contributed by atoms with Gasteiger partial charge in [0, 0.05) is 24.1 Å². The summed E-state index contributed by atoms with van der Waals surface area (Å²) >= 11 is 0. The second-order valence-corrected chi connectivity index (χ2v) is 6.77. The van der Waals surface area contributed by atoms with Gasteiger partial charge in [0.15, 0.2) is 0 Å². The highest BCUT2D eigenvalue weighted by atomic mass is 16.5. The van der Waals surface area contributed by atoms with Gasteiger partial charge in [0.05, 0.1) is 18.8 Å². The van der Waals surface area contributed by atoms with E-state index in [1.807, 2.05) is 37.3 Å². The van der Waals surface area contributed by atoms with Crippen LogP contribution in [0.1, 0.15) is 25.0 Å². The Labute approximate surface area is 153 Å². The molecule has 3 atom stereocenters. The lowest BCUT2D eigenvalue weighted by molar-refractivity contribution is -0.130. The highest BCUT2D eigenvalue weighted by Gasteiger charge is 2.32. The molecule has 1 aliphatic carbocycles. The molecule has 1 aromatic carbocycles. The van der Waals surface area contributed by atoms with Crippen molar-refractivity contribution in [3.05, 3.63) is 36.0 Å². The van der Waals surface area contributed by atoms with Crippen LogP contribution in [0.4, 0.5) is 0 Å². The van der Waals surface area contributed by atoms with Gasteiger partial charge in [-0.1, -0.05) is 18.2 Å². The lowest BCUT2D eigenvalue weighted by atomic mass is 9.84. The first kappa shape index (κ1) is 18.6. The summed E-state index contributed by atoms with van der Waals surface area (Å²) in [6.07, 6.45) is 1.08. The highest BCUT2D eigenvalue weighted by Crippen LogP contribution is 2.27. The minimum atomic E-state index is -0.477. The van der Waals surface area contributed by atoms with Gasteiger partial charge in [0.25, 0.3) is 0 Å². The Morgan fingerprint density at radius 2 is 2.15 bits per heavy atom. The number of aliphatic hydroxyl groups is 1. The number of carbonyl (C=O) groups excluding carboxylic acids is 1. The number of nitrogens with one attached hydrogen (secondary N) is 1. The van der Waals surface area contributed by atoms with Crippen molar-refractivity contribution in [2.45, 2.75) is 38.4 Å². The average molecular weight is 358 g/mol. The number of para-hydroxylation sites is 1. The number of carbonyl (C=O) groups is 1. The van der Waals surface area contributed by atoms with Crippen LogP contribution < -0.4 is 10.1 Å². The number of aryl methyl sites for hydroxylation is 1. The zero-order chi connectivity index (χ0) is 18.5. The maximum absolute atomic E-state index is 12.3. The molecule has 1 fully saturated rings. The van der Waals surface area contributed by atoms with Gasteiger partial charge in [-0.2, -0.15) is 0 Å². The minimum Gasteiger partial charge on any atom is -0.489 e. The van der Waals surface area contributed by atoms with Gasteiger partial charge in [-0.25, -0.2) is 4.98 Å². The number of benzene rings is 1. The summed E-state index contributed by atoms with van der Waals surface area (Å²) in [6.45, 7) is 2.76. The quantitative estimate of drug-likeness (QED) is 0.774. The first-order valence-electron chi connectivity index (χ1n) is 9.06. The van der Waals surface area contributed by atoms with Crippen molar-refractivity contribution < 1.29 is 19.4 Å². The molecule has 0 bridgehead atoms. The van der Waals surface area contributed by atoms with E-state index in [4.69, 9.17) is 9.47 Å². The Kier molecular flexibility index (Phi) is 6.06. The largest absolute Gasteiger partial charge is 0.489 e. The number of hydrogen-bond donors (Lipinski definition) is 2. The van der Waals surface area contributed by atoms with Crippen LogP contribution in [0, 0.1) is 12.8 Å². The van der Waals surface area contributed by atoms with Gasteiger partial charge in [-0.05, 0) is 38.3 Å². The lowest BCUT2D eigenvalue weighted by Gasteiger charge is -2.31. The molecule has 0 aliphatic heterocycles. The molecule has 140 valence electrons. The number of pyridine rings is 1. The first-order chi connectivity index (χ1) is 12.6. The molecule has 1 aliphatic rings. The molecule has 1 heterocycles. The summed E-state index contributed by atoms with van der Waals surface area (Å²) in [5, 5.41) is 13.8. The van der Waals surface area contributed by atoms with Crippen molar-refractivity contribution in [1.29, 1.82) is 0 Å². The molecule has 3 rings (SSSR count). The van der Waals surface area contributed by atoms with Crippen molar-refractivity contribution in [3.63, 3.8) is 0 Å². The summed E-state index contributed by atoms with van der Waals surface area (Å²) in [6, 6.07) is 9.82. The van der Waals surface area contributed by atoms with Crippen molar-refractivity contribution in [3.8, 4) is 5.75 Å². The fourth-order valence-electron chi connectivity index (χ4n) is 3.42. The van der Waals surface area contributed by atoms with Gasteiger partial charge >= 0.3 is 0 Å². The van der Waals surface area contributed by atoms with E-state index in [1.165, 1.54) is 0 Å². The van der Waals surface area contributed by atoms with Crippen LogP contribution in [-0.2, 0) is 9.53 Å². The number of ether oxygens (including phenoxy) is 2. The second-order valence-electron chi connectivity index (χ2n) is 6.77. The topological polar surface area (TPSA) is 80.7 Å². The zero-order valence-corrected chi connectivity index (χ0v) is 15.3. The van der Waals surface area contributed by atoms with Crippen molar-refractivity contribution >= 4 is 16.8 Å². The molecular weight excluding hydrogens is 332 g/mol. The molecule has 0 spiro atoms. The Bertz CT molecular complexity index is 765. The van der Waals surface area contributed by atoms with Gasteiger partial charge in [-0.15, -0.1) is 0 Å². The van der Waals surface area contributed by atoms with Gasteiger partial charge in [0.2, 0.25) is 5.91 Å². The molecule has 0 unspecified atom stereocenters. The fourth-order valence-corrected chi connectivity index (χ4v) is 3.42. The molecule has 1 aromatic heterocycles. The number of fused-ring (bicyclic) bond motifs is 1. The number of rotatable bonds is 6. The van der Waals surface area contributed by atoms with E-state index in [9.17, 15) is 9.90 Å². The molecule has 2 N–H and O–H groups in total. The third-order valence-corrected chi connectivity index (χ3v) is 4.91. The normalized spacial score (nSPS) is 23.0. The second kappa shape index (κ2) is 8.47. The Morgan fingerprint density at radius 3 is 2.96 bits per heavy atom. The van der Waals surface area contributed by atoms with Crippen LogP contribution in [0.3, 0.4) is 0 Å². The van der Waals surface area contributed by atoms with E-state index in [2.05, 4.69) is 10.3 Å². The van der Waals surface area contributed by atoms with Crippen LogP contribution in [0.2, 0.25) is 0 Å².